The molecule has 3 aromatic heterocycles. The van der Waals surface area contributed by atoms with E-state index in [-0.39, 0.29) is 12.4 Å². The second-order valence-electron chi connectivity index (χ2n) is 8.06. The van der Waals surface area contributed by atoms with Crippen LogP contribution in [0, 0.1) is 0 Å². The second kappa shape index (κ2) is 10.1. The van der Waals surface area contributed by atoms with Crippen LogP contribution >= 0.6 is 12.4 Å². The van der Waals surface area contributed by atoms with Crippen LogP contribution in [0.1, 0.15) is 32.2 Å². The number of benzene rings is 1. The Balaban J connectivity index is 0.00000245. The van der Waals surface area contributed by atoms with Gasteiger partial charge in [0.15, 0.2) is 5.82 Å². The predicted octanol–water partition coefficient (Wildman–Crippen LogP) is 4.63. The molecular weight excluding hydrogens is 422 g/mol. The van der Waals surface area contributed by atoms with E-state index in [1.165, 1.54) is 0 Å². The number of piperidine rings is 1. The van der Waals surface area contributed by atoms with Crippen LogP contribution in [0.2, 0.25) is 0 Å². The summed E-state index contributed by atoms with van der Waals surface area (Å²) in [5.41, 5.74) is 5.27. The molecule has 0 aliphatic carbocycles. The Morgan fingerprint density at radius 1 is 0.875 bits per heavy atom. The van der Waals surface area contributed by atoms with E-state index in [1.807, 2.05) is 41.6 Å². The first-order chi connectivity index (χ1) is 15.3. The smallest absolute Gasteiger partial charge is 0.159 e. The van der Waals surface area contributed by atoms with E-state index in [9.17, 15) is 0 Å². The highest BCUT2D eigenvalue weighted by Gasteiger charge is 2.16. The summed E-state index contributed by atoms with van der Waals surface area (Å²) >= 11 is 0. The standard InChI is InChI=1S/C24H27N7.ClH/c1-2-10-30-16-21(14-28-30)18-4-3-5-19(11-18)24-26-12-20(13-27-24)22-15-29-31(17-22)23-6-8-25-9-7-23;/h3-5,11-17,23,25H,2,6-10H2,1H3;1H. The number of halogens is 1. The van der Waals surface area contributed by atoms with Crippen molar-refractivity contribution in [1.82, 2.24) is 34.8 Å². The molecule has 1 aliphatic rings. The van der Waals surface area contributed by atoms with Gasteiger partial charge in [0.2, 0.25) is 0 Å². The molecule has 0 bridgehead atoms. The fraction of sp³-hybridized carbons (Fsp3) is 0.333. The fourth-order valence-corrected chi connectivity index (χ4v) is 4.09. The van der Waals surface area contributed by atoms with Gasteiger partial charge in [-0.2, -0.15) is 10.2 Å². The van der Waals surface area contributed by atoms with Crippen LogP contribution < -0.4 is 5.32 Å². The van der Waals surface area contributed by atoms with E-state index in [0.29, 0.717) is 6.04 Å². The van der Waals surface area contributed by atoms with Crippen molar-refractivity contribution >= 4 is 12.4 Å². The molecular formula is C24H28ClN7. The first-order valence-corrected chi connectivity index (χ1v) is 11.0. The molecule has 4 aromatic rings. The molecule has 1 fully saturated rings. The highest BCUT2D eigenvalue weighted by Crippen LogP contribution is 2.26. The number of nitrogens with zero attached hydrogens (tertiary/aromatic N) is 6. The van der Waals surface area contributed by atoms with Crippen LogP contribution in [0.5, 0.6) is 0 Å². The number of aryl methyl sites for hydroxylation is 1. The summed E-state index contributed by atoms with van der Waals surface area (Å²) in [7, 11) is 0. The molecule has 1 aromatic carbocycles. The lowest BCUT2D eigenvalue weighted by Gasteiger charge is -2.22. The van der Waals surface area contributed by atoms with Crippen molar-refractivity contribution in [3.63, 3.8) is 0 Å². The Labute approximate surface area is 194 Å². The Morgan fingerprint density at radius 2 is 1.59 bits per heavy atom. The first kappa shape index (κ1) is 22.2. The number of rotatable bonds is 6. The van der Waals surface area contributed by atoms with Crippen molar-refractivity contribution in [3.05, 3.63) is 61.4 Å². The quantitative estimate of drug-likeness (QED) is 0.464. The molecule has 0 atom stereocenters. The van der Waals surface area contributed by atoms with Gasteiger partial charge in [-0.15, -0.1) is 12.4 Å². The Bertz CT molecular complexity index is 1140. The highest BCUT2D eigenvalue weighted by molar-refractivity contribution is 5.85. The molecule has 32 heavy (non-hydrogen) atoms. The Kier molecular flexibility index (Phi) is 6.97. The lowest BCUT2D eigenvalue weighted by atomic mass is 10.1. The molecule has 7 nitrogen and oxygen atoms in total. The molecule has 1 aliphatic heterocycles. The maximum atomic E-state index is 4.64. The molecule has 5 rings (SSSR count). The van der Waals surface area contributed by atoms with Crippen molar-refractivity contribution < 1.29 is 0 Å². The third-order valence-electron chi connectivity index (χ3n) is 5.81. The zero-order chi connectivity index (χ0) is 21.0. The number of nitrogens with one attached hydrogen (secondary N) is 1. The first-order valence-electron chi connectivity index (χ1n) is 11.0. The summed E-state index contributed by atoms with van der Waals surface area (Å²) in [6.45, 7) is 5.19. The summed E-state index contributed by atoms with van der Waals surface area (Å²) in [5, 5.41) is 12.4. The van der Waals surface area contributed by atoms with Gasteiger partial charge in [0.25, 0.3) is 0 Å². The van der Waals surface area contributed by atoms with Gasteiger partial charge in [-0.1, -0.05) is 25.1 Å². The zero-order valence-electron chi connectivity index (χ0n) is 18.2. The van der Waals surface area contributed by atoms with Gasteiger partial charge in [-0.05, 0) is 44.0 Å². The molecule has 0 amide bonds. The number of aromatic nitrogens is 6. The van der Waals surface area contributed by atoms with Gasteiger partial charge in [-0.25, -0.2) is 9.97 Å². The molecule has 8 heteroatoms. The summed E-state index contributed by atoms with van der Waals surface area (Å²) in [6, 6.07) is 8.78. The SMILES string of the molecule is CCCn1cc(-c2cccc(-c3ncc(-c4cnn(C5CCNCC5)c4)cn3)c2)cn1.Cl. The van der Waals surface area contributed by atoms with Crippen LogP contribution in [0.15, 0.2) is 61.4 Å². The third-order valence-corrected chi connectivity index (χ3v) is 5.81. The van der Waals surface area contributed by atoms with Crippen molar-refractivity contribution in [2.75, 3.05) is 13.1 Å². The maximum absolute atomic E-state index is 4.64. The van der Waals surface area contributed by atoms with E-state index in [0.717, 1.165) is 72.5 Å². The van der Waals surface area contributed by atoms with E-state index in [4.69, 9.17) is 0 Å². The van der Waals surface area contributed by atoms with Gasteiger partial charge >= 0.3 is 0 Å². The van der Waals surface area contributed by atoms with Crippen molar-refractivity contribution in [3.8, 4) is 33.6 Å². The summed E-state index contributed by atoms with van der Waals surface area (Å²) in [6.07, 6.45) is 15.1. The van der Waals surface area contributed by atoms with E-state index < -0.39 is 0 Å². The normalized spacial score (nSPS) is 14.3. The number of hydrogen-bond donors (Lipinski definition) is 1. The minimum atomic E-state index is 0. The second-order valence-corrected chi connectivity index (χ2v) is 8.06. The summed E-state index contributed by atoms with van der Waals surface area (Å²) in [4.78, 5) is 9.28. The van der Waals surface area contributed by atoms with Crippen molar-refractivity contribution in [1.29, 1.82) is 0 Å². The predicted molar refractivity (Wildman–Crippen MR) is 129 cm³/mol. The fourth-order valence-electron chi connectivity index (χ4n) is 4.09. The largest absolute Gasteiger partial charge is 0.317 e. The highest BCUT2D eigenvalue weighted by atomic mass is 35.5. The van der Waals surface area contributed by atoms with Crippen LogP contribution in [-0.4, -0.2) is 42.6 Å². The summed E-state index contributed by atoms with van der Waals surface area (Å²) in [5.74, 6) is 0.720. The Morgan fingerprint density at radius 3 is 2.38 bits per heavy atom. The average molecular weight is 450 g/mol. The monoisotopic (exact) mass is 449 g/mol. The molecule has 166 valence electrons. The van der Waals surface area contributed by atoms with Gasteiger partial charge in [0.05, 0.1) is 18.4 Å². The van der Waals surface area contributed by atoms with Gasteiger partial charge < -0.3 is 5.32 Å². The van der Waals surface area contributed by atoms with Gasteiger partial charge in [0.1, 0.15) is 0 Å². The molecule has 0 spiro atoms. The lowest BCUT2D eigenvalue weighted by molar-refractivity contribution is 0.343. The average Bonchev–Trinajstić information content (AvgIpc) is 3.51. The topological polar surface area (TPSA) is 73.5 Å². The molecule has 1 saturated heterocycles. The van der Waals surface area contributed by atoms with E-state index in [1.54, 1.807) is 0 Å². The van der Waals surface area contributed by atoms with Crippen molar-refractivity contribution in [2.24, 2.45) is 0 Å². The van der Waals surface area contributed by atoms with E-state index >= 15 is 0 Å². The van der Waals surface area contributed by atoms with E-state index in [2.05, 4.69) is 61.6 Å². The van der Waals surface area contributed by atoms with Crippen LogP contribution in [0.4, 0.5) is 0 Å². The molecule has 4 heterocycles. The minimum Gasteiger partial charge on any atom is -0.317 e. The van der Waals surface area contributed by atoms with Crippen LogP contribution in [0.3, 0.4) is 0 Å². The van der Waals surface area contributed by atoms with Crippen molar-refractivity contribution in [2.45, 2.75) is 38.8 Å². The molecule has 0 unspecified atom stereocenters. The van der Waals surface area contributed by atoms with Gasteiger partial charge in [-0.3, -0.25) is 9.36 Å². The zero-order valence-corrected chi connectivity index (χ0v) is 19.0. The molecule has 0 radical (unpaired) electrons. The third kappa shape index (κ3) is 4.74. The number of hydrogen-bond acceptors (Lipinski definition) is 5. The Hall–Kier alpha value is -3.03. The van der Waals surface area contributed by atoms with Crippen LogP contribution in [-0.2, 0) is 6.54 Å². The molecule has 1 N–H and O–H groups in total. The summed E-state index contributed by atoms with van der Waals surface area (Å²) < 4.78 is 4.07. The van der Waals surface area contributed by atoms with Gasteiger partial charge in [0, 0.05) is 53.6 Å². The molecule has 0 saturated carbocycles. The minimum absolute atomic E-state index is 0. The van der Waals surface area contributed by atoms with Crippen LogP contribution in [0.25, 0.3) is 33.6 Å². The maximum Gasteiger partial charge on any atom is 0.159 e. The lowest BCUT2D eigenvalue weighted by Crippen LogP contribution is -2.29.